The lowest BCUT2D eigenvalue weighted by Gasteiger charge is -2.18. The topological polar surface area (TPSA) is 90.3 Å². The van der Waals surface area contributed by atoms with Crippen molar-refractivity contribution in [3.8, 4) is 11.4 Å². The largest absolute Gasteiger partial charge is 0.482 e. The zero-order valence-corrected chi connectivity index (χ0v) is 19.5. The Hall–Kier alpha value is -3.43. The number of fused-ring (bicyclic) bond motifs is 2. The zero-order chi connectivity index (χ0) is 23.1. The first-order chi connectivity index (χ1) is 15.9. The van der Waals surface area contributed by atoms with E-state index in [4.69, 9.17) is 9.72 Å². The number of ether oxygens (including phenoxy) is 1. The van der Waals surface area contributed by atoms with Gasteiger partial charge in [-0.25, -0.2) is 4.98 Å². The first-order valence-corrected chi connectivity index (χ1v) is 12.0. The molecule has 7 nitrogen and oxygen atoms in total. The monoisotopic (exact) mass is 477 g/mol. The van der Waals surface area contributed by atoms with Gasteiger partial charge in [0, 0.05) is 10.4 Å². The number of benzene rings is 2. The average Bonchev–Trinajstić information content (AvgIpc) is 3.10. The molecule has 5 rings (SSSR count). The molecule has 166 valence electrons. The van der Waals surface area contributed by atoms with E-state index < -0.39 is 0 Å². The van der Waals surface area contributed by atoms with Crippen LogP contribution in [0.1, 0.15) is 20.8 Å². The highest BCUT2D eigenvalue weighted by atomic mass is 32.2. The summed E-state index contributed by atoms with van der Waals surface area (Å²) >= 11 is 2.70. The van der Waals surface area contributed by atoms with E-state index in [1.807, 2.05) is 44.2 Å². The number of rotatable bonds is 5. The van der Waals surface area contributed by atoms with E-state index in [-0.39, 0.29) is 29.6 Å². The van der Waals surface area contributed by atoms with Gasteiger partial charge in [0.25, 0.3) is 11.5 Å². The SMILES string of the molecule is Cc1sc2nc(SCC(=O)c3ccc4c(c3)NC(=O)CO4)n(-c3ccccc3)c(=O)c2c1C. The second-order valence-electron chi connectivity index (χ2n) is 7.59. The van der Waals surface area contributed by atoms with Crippen molar-refractivity contribution in [1.29, 1.82) is 0 Å². The summed E-state index contributed by atoms with van der Waals surface area (Å²) in [6, 6.07) is 14.3. The zero-order valence-electron chi connectivity index (χ0n) is 17.9. The third-order valence-electron chi connectivity index (χ3n) is 5.45. The van der Waals surface area contributed by atoms with Crippen molar-refractivity contribution in [3.63, 3.8) is 0 Å². The molecule has 33 heavy (non-hydrogen) atoms. The van der Waals surface area contributed by atoms with Crippen molar-refractivity contribution in [1.82, 2.24) is 9.55 Å². The van der Waals surface area contributed by atoms with E-state index in [1.165, 1.54) is 23.1 Å². The van der Waals surface area contributed by atoms with Crippen molar-refractivity contribution in [3.05, 3.63) is 74.9 Å². The molecule has 0 bridgehead atoms. The fraction of sp³-hybridized carbons (Fsp3) is 0.167. The third-order valence-corrected chi connectivity index (χ3v) is 7.49. The highest BCUT2D eigenvalue weighted by molar-refractivity contribution is 7.99. The molecule has 2 aromatic heterocycles. The average molecular weight is 478 g/mol. The maximum absolute atomic E-state index is 13.5. The Morgan fingerprint density at radius 1 is 1.18 bits per heavy atom. The van der Waals surface area contributed by atoms with Crippen LogP contribution in [-0.2, 0) is 4.79 Å². The number of aryl methyl sites for hydroxylation is 2. The fourth-order valence-corrected chi connectivity index (χ4v) is 5.62. The van der Waals surface area contributed by atoms with Crippen LogP contribution in [0, 0.1) is 13.8 Å². The Labute approximate surface area is 197 Å². The summed E-state index contributed by atoms with van der Waals surface area (Å²) in [5, 5.41) is 3.79. The van der Waals surface area contributed by atoms with Crippen molar-refractivity contribution in [2.24, 2.45) is 0 Å². The molecular formula is C24H19N3O4S2. The van der Waals surface area contributed by atoms with Gasteiger partial charge < -0.3 is 10.1 Å². The first kappa shape index (κ1) is 21.4. The molecule has 9 heteroatoms. The molecule has 3 heterocycles. The fourth-order valence-electron chi connectivity index (χ4n) is 3.65. The van der Waals surface area contributed by atoms with Gasteiger partial charge in [-0.2, -0.15) is 0 Å². The molecular weight excluding hydrogens is 458 g/mol. The van der Waals surface area contributed by atoms with Crippen molar-refractivity contribution < 1.29 is 14.3 Å². The summed E-state index contributed by atoms with van der Waals surface area (Å²) in [6.07, 6.45) is 0. The Morgan fingerprint density at radius 2 is 1.97 bits per heavy atom. The normalized spacial score (nSPS) is 12.8. The van der Waals surface area contributed by atoms with E-state index >= 15 is 0 Å². The quantitative estimate of drug-likeness (QED) is 0.261. The molecule has 0 atom stereocenters. The van der Waals surface area contributed by atoms with E-state index in [0.717, 1.165) is 10.4 Å². The van der Waals surface area contributed by atoms with Crippen LogP contribution in [0.4, 0.5) is 5.69 Å². The van der Waals surface area contributed by atoms with E-state index in [2.05, 4.69) is 5.32 Å². The van der Waals surface area contributed by atoms with Crippen molar-refractivity contribution in [2.45, 2.75) is 19.0 Å². The number of nitrogens with one attached hydrogen (secondary N) is 1. The van der Waals surface area contributed by atoms with Crippen LogP contribution in [0.3, 0.4) is 0 Å². The number of amides is 1. The van der Waals surface area contributed by atoms with Crippen LogP contribution in [-0.4, -0.2) is 33.6 Å². The number of hydrogen-bond acceptors (Lipinski definition) is 7. The molecule has 1 aliphatic rings. The second-order valence-corrected chi connectivity index (χ2v) is 9.74. The van der Waals surface area contributed by atoms with E-state index in [0.29, 0.717) is 38.1 Å². The summed E-state index contributed by atoms with van der Waals surface area (Å²) in [7, 11) is 0. The second kappa shape index (κ2) is 8.49. The molecule has 0 unspecified atom stereocenters. The van der Waals surface area contributed by atoms with Crippen LogP contribution in [0.25, 0.3) is 15.9 Å². The summed E-state index contributed by atoms with van der Waals surface area (Å²) in [5.74, 6) is 0.219. The molecule has 4 aromatic rings. The van der Waals surface area contributed by atoms with Gasteiger partial charge in [0.15, 0.2) is 17.5 Å². The lowest BCUT2D eigenvalue weighted by Crippen LogP contribution is -2.25. The third kappa shape index (κ3) is 3.94. The molecule has 1 aliphatic heterocycles. The van der Waals surface area contributed by atoms with Gasteiger partial charge >= 0.3 is 0 Å². The minimum absolute atomic E-state index is 0.0387. The van der Waals surface area contributed by atoms with Crippen LogP contribution in [0.5, 0.6) is 5.75 Å². The van der Waals surface area contributed by atoms with Gasteiger partial charge in [-0.3, -0.25) is 19.0 Å². The summed E-state index contributed by atoms with van der Waals surface area (Å²) in [6.45, 7) is 3.87. The van der Waals surface area contributed by atoms with Gasteiger partial charge in [-0.1, -0.05) is 30.0 Å². The van der Waals surface area contributed by atoms with Crippen LogP contribution >= 0.6 is 23.1 Å². The van der Waals surface area contributed by atoms with Gasteiger partial charge in [-0.15, -0.1) is 11.3 Å². The number of nitrogens with zero attached hydrogens (tertiary/aromatic N) is 2. The number of thiophene rings is 1. The van der Waals surface area contributed by atoms with Gasteiger partial charge in [0.2, 0.25) is 0 Å². The van der Waals surface area contributed by atoms with Gasteiger partial charge in [-0.05, 0) is 49.7 Å². The molecule has 0 aliphatic carbocycles. The molecule has 0 radical (unpaired) electrons. The summed E-state index contributed by atoms with van der Waals surface area (Å²) in [5.41, 5.74) is 2.42. The van der Waals surface area contributed by atoms with Crippen LogP contribution < -0.4 is 15.6 Å². The number of hydrogen-bond donors (Lipinski definition) is 1. The number of para-hydroxylation sites is 1. The standard InChI is InChI=1S/C24H19N3O4S2/c1-13-14(2)33-22-21(13)23(30)27(16-6-4-3-5-7-16)24(26-22)32-12-18(28)15-8-9-19-17(10-15)25-20(29)11-31-19/h3-10H,11-12H2,1-2H3,(H,25,29). The van der Waals surface area contributed by atoms with Crippen LogP contribution in [0.2, 0.25) is 0 Å². The maximum Gasteiger partial charge on any atom is 0.267 e. The number of Topliss-reactive ketones (excluding diaryl/α,β-unsaturated/α-hetero) is 1. The predicted molar refractivity (Wildman–Crippen MR) is 130 cm³/mol. The van der Waals surface area contributed by atoms with Crippen molar-refractivity contribution in [2.75, 3.05) is 17.7 Å². The van der Waals surface area contributed by atoms with Crippen molar-refractivity contribution >= 4 is 50.7 Å². The number of carbonyl (C=O) groups excluding carboxylic acids is 2. The number of aromatic nitrogens is 2. The molecule has 0 spiro atoms. The smallest absolute Gasteiger partial charge is 0.267 e. The minimum atomic E-state index is -0.257. The lowest BCUT2D eigenvalue weighted by atomic mass is 10.1. The number of thioether (sulfide) groups is 1. The first-order valence-electron chi connectivity index (χ1n) is 10.2. The van der Waals surface area contributed by atoms with Gasteiger partial charge in [0.1, 0.15) is 10.6 Å². The molecule has 2 aromatic carbocycles. The number of ketones is 1. The Morgan fingerprint density at radius 3 is 2.76 bits per heavy atom. The number of anilines is 1. The van der Waals surface area contributed by atoms with Gasteiger partial charge in [0.05, 0.1) is 22.5 Å². The lowest BCUT2D eigenvalue weighted by molar-refractivity contribution is -0.118. The highest BCUT2D eigenvalue weighted by Gasteiger charge is 2.21. The highest BCUT2D eigenvalue weighted by Crippen LogP contribution is 2.31. The molecule has 1 N–H and O–H groups in total. The molecule has 1 amide bonds. The summed E-state index contributed by atoms with van der Waals surface area (Å²) in [4.78, 5) is 44.5. The Kier molecular flexibility index (Phi) is 5.51. The molecule has 0 saturated carbocycles. The summed E-state index contributed by atoms with van der Waals surface area (Å²) < 4.78 is 6.92. The van der Waals surface area contributed by atoms with E-state index in [1.54, 1.807) is 22.8 Å². The number of carbonyl (C=O) groups is 2. The molecule has 0 saturated heterocycles. The van der Waals surface area contributed by atoms with Crippen LogP contribution in [0.15, 0.2) is 58.5 Å². The molecule has 0 fully saturated rings. The Bertz CT molecular complexity index is 1470. The minimum Gasteiger partial charge on any atom is -0.482 e. The maximum atomic E-state index is 13.5. The van der Waals surface area contributed by atoms with E-state index in [9.17, 15) is 14.4 Å². The Balaban J connectivity index is 1.50. The predicted octanol–water partition coefficient (Wildman–Crippen LogP) is 4.37.